The minimum atomic E-state index is 0.687. The standard InChI is InChI=1S/C22H16ClN3/c23-16-11-18-17-8-2-1-5-15(17)13-25-22(18)20(12-16)26-19-9-3-6-14-7-4-10-24-21(14)19/h1-3,5-6,8-13,26H,4,7H2. The Balaban J connectivity index is 1.71. The van der Waals surface area contributed by atoms with Gasteiger partial charge >= 0.3 is 0 Å². The molecule has 3 nitrogen and oxygen atoms in total. The number of halogens is 1. The number of aliphatic imine (C=N–C) groups is 1. The van der Waals surface area contributed by atoms with Crippen LogP contribution in [0.3, 0.4) is 0 Å². The van der Waals surface area contributed by atoms with E-state index in [0.29, 0.717) is 5.02 Å². The van der Waals surface area contributed by atoms with E-state index in [1.54, 1.807) is 0 Å². The number of fused-ring (bicyclic) bond motifs is 4. The maximum absolute atomic E-state index is 6.44. The Morgan fingerprint density at radius 1 is 0.923 bits per heavy atom. The van der Waals surface area contributed by atoms with E-state index in [0.717, 1.165) is 51.6 Å². The maximum atomic E-state index is 6.44. The van der Waals surface area contributed by atoms with Crippen LogP contribution in [-0.4, -0.2) is 11.2 Å². The van der Waals surface area contributed by atoms with Gasteiger partial charge in [-0.3, -0.25) is 9.98 Å². The van der Waals surface area contributed by atoms with Crippen molar-refractivity contribution in [2.24, 2.45) is 4.99 Å². The van der Waals surface area contributed by atoms with E-state index in [2.05, 4.69) is 40.6 Å². The lowest BCUT2D eigenvalue weighted by Crippen LogP contribution is -1.99. The van der Waals surface area contributed by atoms with Gasteiger partial charge in [-0.05, 0) is 42.0 Å². The van der Waals surface area contributed by atoms with E-state index in [4.69, 9.17) is 16.6 Å². The average molecular weight is 358 g/mol. The van der Waals surface area contributed by atoms with Crippen LogP contribution < -0.4 is 5.32 Å². The summed E-state index contributed by atoms with van der Waals surface area (Å²) >= 11 is 6.44. The van der Waals surface area contributed by atoms with Crippen LogP contribution in [0, 0.1) is 0 Å². The topological polar surface area (TPSA) is 37.3 Å². The molecule has 0 amide bonds. The first kappa shape index (κ1) is 15.4. The van der Waals surface area contributed by atoms with Crippen molar-refractivity contribution >= 4 is 56.6 Å². The van der Waals surface area contributed by atoms with Crippen LogP contribution in [0.25, 0.3) is 21.7 Å². The van der Waals surface area contributed by atoms with Crippen molar-refractivity contribution in [3.63, 3.8) is 0 Å². The quantitative estimate of drug-likeness (QED) is 0.419. The molecule has 0 aliphatic carbocycles. The molecule has 0 bridgehead atoms. The van der Waals surface area contributed by atoms with Gasteiger partial charge in [0.05, 0.1) is 22.6 Å². The highest BCUT2D eigenvalue weighted by molar-refractivity contribution is 6.32. The lowest BCUT2D eigenvalue weighted by molar-refractivity contribution is 1.03. The van der Waals surface area contributed by atoms with E-state index in [9.17, 15) is 0 Å². The Kier molecular flexibility index (Phi) is 3.61. The largest absolute Gasteiger partial charge is 0.352 e. The molecule has 0 saturated heterocycles. The fraction of sp³-hybridized carbons (Fsp3) is 0.0909. The highest BCUT2D eigenvalue weighted by Crippen LogP contribution is 2.38. The maximum Gasteiger partial charge on any atom is 0.0944 e. The Bertz CT molecular complexity index is 1180. The lowest BCUT2D eigenvalue weighted by atomic mass is 10.0. The van der Waals surface area contributed by atoms with E-state index in [-0.39, 0.29) is 0 Å². The number of para-hydroxylation sites is 1. The number of anilines is 2. The molecule has 26 heavy (non-hydrogen) atoms. The normalized spacial score (nSPS) is 13.1. The number of nitrogens with one attached hydrogen (secondary N) is 1. The summed E-state index contributed by atoms with van der Waals surface area (Å²) < 4.78 is 0. The van der Waals surface area contributed by atoms with Crippen molar-refractivity contribution in [1.29, 1.82) is 0 Å². The summed E-state index contributed by atoms with van der Waals surface area (Å²) in [6, 6.07) is 18.4. The number of hydrogen-bond donors (Lipinski definition) is 1. The molecule has 0 spiro atoms. The highest BCUT2D eigenvalue weighted by Gasteiger charge is 2.13. The van der Waals surface area contributed by atoms with Gasteiger partial charge in [-0.1, -0.05) is 48.0 Å². The molecule has 3 aromatic carbocycles. The van der Waals surface area contributed by atoms with Crippen molar-refractivity contribution in [2.45, 2.75) is 12.8 Å². The number of benzene rings is 3. The van der Waals surface area contributed by atoms with Gasteiger partial charge in [-0.25, -0.2) is 0 Å². The summed E-state index contributed by atoms with van der Waals surface area (Å²) in [6.07, 6.45) is 5.91. The molecule has 0 atom stereocenters. The van der Waals surface area contributed by atoms with Crippen LogP contribution in [-0.2, 0) is 6.42 Å². The zero-order valence-electron chi connectivity index (χ0n) is 14.0. The Morgan fingerprint density at radius 3 is 2.81 bits per heavy atom. The minimum absolute atomic E-state index is 0.687. The molecule has 1 N–H and O–H groups in total. The van der Waals surface area contributed by atoms with Crippen molar-refractivity contribution < 1.29 is 0 Å². The Labute approximate surface area is 156 Å². The smallest absolute Gasteiger partial charge is 0.0944 e. The number of hydrogen-bond acceptors (Lipinski definition) is 3. The summed E-state index contributed by atoms with van der Waals surface area (Å²) in [6.45, 7) is 0. The first-order valence-corrected chi connectivity index (χ1v) is 9.06. The predicted molar refractivity (Wildman–Crippen MR) is 110 cm³/mol. The molecule has 1 aliphatic heterocycles. The van der Waals surface area contributed by atoms with Crippen molar-refractivity contribution in [1.82, 2.24) is 4.98 Å². The fourth-order valence-corrected chi connectivity index (χ4v) is 3.81. The van der Waals surface area contributed by atoms with Crippen molar-refractivity contribution in [3.05, 3.63) is 71.4 Å². The predicted octanol–water partition coefficient (Wildman–Crippen LogP) is 6.43. The van der Waals surface area contributed by atoms with Crippen LogP contribution >= 0.6 is 11.6 Å². The van der Waals surface area contributed by atoms with E-state index >= 15 is 0 Å². The molecule has 4 aromatic rings. The Morgan fingerprint density at radius 2 is 1.85 bits per heavy atom. The molecule has 2 heterocycles. The zero-order chi connectivity index (χ0) is 17.5. The van der Waals surface area contributed by atoms with E-state index in [1.165, 1.54) is 5.56 Å². The zero-order valence-corrected chi connectivity index (χ0v) is 14.8. The second-order valence-electron chi connectivity index (χ2n) is 6.48. The first-order valence-electron chi connectivity index (χ1n) is 8.68. The molecule has 1 aliphatic rings. The van der Waals surface area contributed by atoms with Gasteiger partial charge in [0.15, 0.2) is 0 Å². The number of aryl methyl sites for hydroxylation is 1. The van der Waals surface area contributed by atoms with Crippen LogP contribution in [0.1, 0.15) is 12.0 Å². The molecular formula is C22H16ClN3. The molecule has 0 fully saturated rings. The van der Waals surface area contributed by atoms with Gasteiger partial charge < -0.3 is 5.32 Å². The summed E-state index contributed by atoms with van der Waals surface area (Å²) in [5.41, 5.74) is 5.06. The SMILES string of the molecule is Clc1cc(Nc2cccc3c2N=CCC3)c2ncc3ccccc3c2c1. The van der Waals surface area contributed by atoms with Gasteiger partial charge in [0.1, 0.15) is 0 Å². The van der Waals surface area contributed by atoms with E-state index < -0.39 is 0 Å². The molecule has 0 radical (unpaired) electrons. The summed E-state index contributed by atoms with van der Waals surface area (Å²) in [5, 5.41) is 7.51. The monoisotopic (exact) mass is 357 g/mol. The molecule has 0 saturated carbocycles. The van der Waals surface area contributed by atoms with Crippen LogP contribution in [0.2, 0.25) is 5.02 Å². The van der Waals surface area contributed by atoms with Gasteiger partial charge in [0, 0.05) is 28.2 Å². The summed E-state index contributed by atoms with van der Waals surface area (Å²) in [5.74, 6) is 0. The third-order valence-electron chi connectivity index (χ3n) is 4.81. The summed E-state index contributed by atoms with van der Waals surface area (Å²) in [7, 11) is 0. The molecule has 4 heteroatoms. The second-order valence-corrected chi connectivity index (χ2v) is 6.92. The fourth-order valence-electron chi connectivity index (χ4n) is 3.60. The third kappa shape index (κ3) is 2.52. The van der Waals surface area contributed by atoms with Crippen molar-refractivity contribution in [2.75, 3.05) is 5.32 Å². The Hall–Kier alpha value is -2.91. The molecule has 1 aromatic heterocycles. The lowest BCUT2D eigenvalue weighted by Gasteiger charge is -2.17. The average Bonchev–Trinajstić information content (AvgIpc) is 2.68. The van der Waals surface area contributed by atoms with Gasteiger partial charge in [0.2, 0.25) is 0 Å². The minimum Gasteiger partial charge on any atom is -0.352 e. The van der Waals surface area contributed by atoms with Crippen LogP contribution in [0.4, 0.5) is 17.1 Å². The number of aromatic nitrogens is 1. The highest BCUT2D eigenvalue weighted by atomic mass is 35.5. The van der Waals surface area contributed by atoms with Gasteiger partial charge in [-0.15, -0.1) is 0 Å². The molecule has 0 unspecified atom stereocenters. The number of nitrogens with zero attached hydrogens (tertiary/aromatic N) is 2. The number of pyridine rings is 1. The van der Waals surface area contributed by atoms with Crippen molar-refractivity contribution in [3.8, 4) is 0 Å². The molecule has 126 valence electrons. The second kappa shape index (κ2) is 6.11. The number of rotatable bonds is 2. The van der Waals surface area contributed by atoms with Crippen LogP contribution in [0.15, 0.2) is 65.8 Å². The van der Waals surface area contributed by atoms with E-state index in [1.807, 2.05) is 36.7 Å². The first-order chi connectivity index (χ1) is 12.8. The molecular weight excluding hydrogens is 342 g/mol. The third-order valence-corrected chi connectivity index (χ3v) is 5.03. The molecule has 5 rings (SSSR count). The van der Waals surface area contributed by atoms with Gasteiger partial charge in [0.25, 0.3) is 0 Å². The van der Waals surface area contributed by atoms with Crippen LogP contribution in [0.5, 0.6) is 0 Å². The van der Waals surface area contributed by atoms with Gasteiger partial charge in [-0.2, -0.15) is 0 Å². The summed E-state index contributed by atoms with van der Waals surface area (Å²) in [4.78, 5) is 9.30.